The second-order valence-electron chi connectivity index (χ2n) is 4.93. The van der Waals surface area contributed by atoms with Crippen molar-refractivity contribution in [1.29, 1.82) is 0 Å². The van der Waals surface area contributed by atoms with Gasteiger partial charge in [0.25, 0.3) is 0 Å². The van der Waals surface area contributed by atoms with Gasteiger partial charge in [0.15, 0.2) is 0 Å². The SMILES string of the molecule is CCN(CC)CC(C)NS(=O)(=O)c1ccc(CO)cc1Br. The van der Waals surface area contributed by atoms with Crippen LogP contribution in [0, 0.1) is 0 Å². The molecule has 0 radical (unpaired) electrons. The number of nitrogens with zero attached hydrogens (tertiary/aromatic N) is 1. The number of nitrogens with one attached hydrogen (secondary N) is 1. The van der Waals surface area contributed by atoms with Gasteiger partial charge in [-0.2, -0.15) is 0 Å². The van der Waals surface area contributed by atoms with Crippen molar-refractivity contribution in [3.05, 3.63) is 28.2 Å². The lowest BCUT2D eigenvalue weighted by Crippen LogP contribution is -2.41. The number of benzene rings is 1. The van der Waals surface area contributed by atoms with Gasteiger partial charge in [0.05, 0.1) is 11.5 Å². The minimum absolute atomic E-state index is 0.120. The zero-order chi connectivity index (χ0) is 16.0. The molecule has 21 heavy (non-hydrogen) atoms. The van der Waals surface area contributed by atoms with Crippen molar-refractivity contribution in [2.75, 3.05) is 19.6 Å². The van der Waals surface area contributed by atoms with Gasteiger partial charge in [-0.15, -0.1) is 0 Å². The second kappa shape index (κ2) is 8.24. The van der Waals surface area contributed by atoms with Crippen LogP contribution in [0.5, 0.6) is 0 Å². The molecule has 1 atom stereocenters. The monoisotopic (exact) mass is 378 g/mol. The van der Waals surface area contributed by atoms with Gasteiger partial charge in [-0.25, -0.2) is 13.1 Å². The summed E-state index contributed by atoms with van der Waals surface area (Å²) in [5.74, 6) is 0. The average Bonchev–Trinajstić information content (AvgIpc) is 2.43. The van der Waals surface area contributed by atoms with Gasteiger partial charge in [0.2, 0.25) is 10.0 Å². The lowest BCUT2D eigenvalue weighted by molar-refractivity contribution is 0.281. The van der Waals surface area contributed by atoms with Crippen LogP contribution < -0.4 is 4.72 Å². The second-order valence-corrected chi connectivity index (χ2v) is 7.47. The van der Waals surface area contributed by atoms with E-state index < -0.39 is 10.0 Å². The van der Waals surface area contributed by atoms with Crippen molar-refractivity contribution in [2.45, 2.75) is 38.3 Å². The maximum atomic E-state index is 12.4. The molecule has 0 spiro atoms. The van der Waals surface area contributed by atoms with E-state index in [9.17, 15) is 8.42 Å². The Morgan fingerprint density at radius 1 is 1.33 bits per heavy atom. The van der Waals surface area contributed by atoms with Crippen molar-refractivity contribution in [3.8, 4) is 0 Å². The summed E-state index contributed by atoms with van der Waals surface area (Å²) in [6.07, 6.45) is 0. The van der Waals surface area contributed by atoms with Gasteiger partial charge in [-0.1, -0.05) is 19.9 Å². The van der Waals surface area contributed by atoms with Gasteiger partial charge in [-0.3, -0.25) is 0 Å². The third-order valence-electron chi connectivity index (χ3n) is 3.25. The molecule has 1 aromatic rings. The molecular formula is C14H23BrN2O3S. The van der Waals surface area contributed by atoms with Crippen LogP contribution >= 0.6 is 15.9 Å². The fraction of sp³-hybridized carbons (Fsp3) is 0.571. The third kappa shape index (κ3) is 5.34. The first-order chi connectivity index (χ1) is 9.83. The van der Waals surface area contributed by atoms with Crippen molar-refractivity contribution < 1.29 is 13.5 Å². The van der Waals surface area contributed by atoms with Crippen LogP contribution in [0.25, 0.3) is 0 Å². The Balaban J connectivity index is 2.86. The van der Waals surface area contributed by atoms with Gasteiger partial charge < -0.3 is 10.0 Å². The van der Waals surface area contributed by atoms with Gasteiger partial charge >= 0.3 is 0 Å². The molecule has 0 amide bonds. The first-order valence-electron chi connectivity index (χ1n) is 6.98. The minimum Gasteiger partial charge on any atom is -0.392 e. The first kappa shape index (κ1) is 18.6. The smallest absolute Gasteiger partial charge is 0.241 e. The van der Waals surface area contributed by atoms with Gasteiger partial charge in [0, 0.05) is 17.1 Å². The number of halogens is 1. The van der Waals surface area contributed by atoms with Crippen molar-refractivity contribution >= 4 is 26.0 Å². The predicted octanol–water partition coefficient (Wildman–Crippen LogP) is 1.95. The highest BCUT2D eigenvalue weighted by molar-refractivity contribution is 9.10. The topological polar surface area (TPSA) is 69.6 Å². The van der Waals surface area contributed by atoms with E-state index in [0.717, 1.165) is 13.1 Å². The molecule has 7 heteroatoms. The molecule has 0 aromatic heterocycles. The van der Waals surface area contributed by atoms with Crippen LogP contribution in [0.4, 0.5) is 0 Å². The molecule has 1 unspecified atom stereocenters. The highest BCUT2D eigenvalue weighted by Crippen LogP contribution is 2.23. The number of aliphatic hydroxyl groups is 1. The number of hydrogen-bond donors (Lipinski definition) is 2. The number of sulfonamides is 1. The molecule has 2 N–H and O–H groups in total. The summed E-state index contributed by atoms with van der Waals surface area (Å²) in [5, 5.41) is 9.06. The lowest BCUT2D eigenvalue weighted by Gasteiger charge is -2.23. The molecule has 5 nitrogen and oxygen atoms in total. The molecule has 0 aliphatic carbocycles. The third-order valence-corrected chi connectivity index (χ3v) is 5.82. The maximum absolute atomic E-state index is 12.4. The van der Waals surface area contributed by atoms with Gasteiger partial charge in [0.1, 0.15) is 0 Å². The predicted molar refractivity (Wildman–Crippen MR) is 87.6 cm³/mol. The summed E-state index contributed by atoms with van der Waals surface area (Å²) in [4.78, 5) is 2.35. The van der Waals surface area contributed by atoms with Crippen molar-refractivity contribution in [3.63, 3.8) is 0 Å². The molecular weight excluding hydrogens is 356 g/mol. The molecule has 0 heterocycles. The Bertz CT molecular complexity index is 559. The summed E-state index contributed by atoms with van der Waals surface area (Å²) in [6.45, 7) is 8.27. The Labute approximate surface area is 135 Å². The zero-order valence-corrected chi connectivity index (χ0v) is 15.0. The minimum atomic E-state index is -3.58. The van der Waals surface area contributed by atoms with E-state index in [1.807, 2.05) is 6.92 Å². The largest absolute Gasteiger partial charge is 0.392 e. The highest BCUT2D eigenvalue weighted by atomic mass is 79.9. The molecule has 120 valence electrons. The zero-order valence-electron chi connectivity index (χ0n) is 12.6. The van der Waals surface area contributed by atoms with Gasteiger partial charge in [-0.05, 0) is 53.6 Å². The number of likely N-dealkylation sites (N-methyl/N-ethyl adjacent to an activating group) is 1. The number of rotatable bonds is 8. The summed E-state index contributed by atoms with van der Waals surface area (Å²) in [5.41, 5.74) is 0.664. The fourth-order valence-corrected chi connectivity index (χ4v) is 4.45. The Morgan fingerprint density at radius 2 is 1.95 bits per heavy atom. The van der Waals surface area contributed by atoms with E-state index in [2.05, 4.69) is 39.4 Å². The maximum Gasteiger partial charge on any atom is 0.241 e. The van der Waals surface area contributed by atoms with Crippen molar-refractivity contribution in [2.24, 2.45) is 0 Å². The molecule has 0 saturated carbocycles. The Hall–Kier alpha value is -0.470. The van der Waals surface area contributed by atoms with Crippen LogP contribution in [-0.4, -0.2) is 44.1 Å². The molecule has 0 fully saturated rings. The summed E-state index contributed by atoms with van der Waals surface area (Å²) in [6, 6.07) is 4.54. The Morgan fingerprint density at radius 3 is 2.43 bits per heavy atom. The molecule has 1 aromatic carbocycles. The van der Waals surface area contributed by atoms with Crippen LogP contribution in [-0.2, 0) is 16.6 Å². The van der Waals surface area contributed by atoms with E-state index in [0.29, 0.717) is 16.6 Å². The summed E-state index contributed by atoms with van der Waals surface area (Å²) >= 11 is 3.25. The van der Waals surface area contributed by atoms with E-state index in [1.54, 1.807) is 12.1 Å². The first-order valence-corrected chi connectivity index (χ1v) is 9.25. The highest BCUT2D eigenvalue weighted by Gasteiger charge is 2.21. The van der Waals surface area contributed by atoms with Crippen LogP contribution in [0.3, 0.4) is 0 Å². The van der Waals surface area contributed by atoms with E-state index in [4.69, 9.17) is 5.11 Å². The summed E-state index contributed by atoms with van der Waals surface area (Å²) < 4.78 is 27.9. The average molecular weight is 379 g/mol. The molecule has 0 aliphatic heterocycles. The number of aliphatic hydroxyl groups excluding tert-OH is 1. The fourth-order valence-electron chi connectivity index (χ4n) is 2.10. The van der Waals surface area contributed by atoms with Crippen LogP contribution in [0.1, 0.15) is 26.3 Å². The van der Waals surface area contributed by atoms with Crippen LogP contribution in [0.2, 0.25) is 0 Å². The van der Waals surface area contributed by atoms with Crippen molar-refractivity contribution in [1.82, 2.24) is 9.62 Å². The summed E-state index contributed by atoms with van der Waals surface area (Å²) in [7, 11) is -3.58. The molecule has 1 rings (SSSR count). The van der Waals surface area contributed by atoms with E-state index in [-0.39, 0.29) is 17.5 Å². The number of hydrogen-bond acceptors (Lipinski definition) is 4. The molecule has 0 bridgehead atoms. The quantitative estimate of drug-likeness (QED) is 0.725. The standard InChI is InChI=1S/C14H23BrN2O3S/c1-4-17(5-2)9-11(3)16-21(19,20)14-7-6-12(10-18)8-13(14)15/h6-8,11,16,18H,4-5,9-10H2,1-3H3. The molecule has 0 aliphatic rings. The van der Waals surface area contributed by atoms with E-state index in [1.165, 1.54) is 6.07 Å². The molecule has 0 saturated heterocycles. The Kier molecular flexibility index (Phi) is 7.29. The van der Waals surface area contributed by atoms with Crippen LogP contribution in [0.15, 0.2) is 27.6 Å². The van der Waals surface area contributed by atoms with E-state index >= 15 is 0 Å². The lowest BCUT2D eigenvalue weighted by atomic mass is 10.2. The normalized spacial score (nSPS) is 13.6.